The Balaban J connectivity index is 1.67. The summed E-state index contributed by atoms with van der Waals surface area (Å²) in [5.41, 5.74) is 1.11. The SMILES string of the molecule is Cn1nc([NH+]([O-])O)nc1N1C[C@@H]2C[C@@H](C1)c1cccc(=O)n1C2. The summed E-state index contributed by atoms with van der Waals surface area (Å²) in [6.45, 7) is 2.17. The Morgan fingerprint density at radius 3 is 2.91 bits per heavy atom. The predicted octanol–water partition coefficient (Wildman–Crippen LogP) is -0.996. The van der Waals surface area contributed by atoms with Crippen LogP contribution in [-0.4, -0.2) is 37.6 Å². The average molecular weight is 318 g/mol. The summed E-state index contributed by atoms with van der Waals surface area (Å²) >= 11 is 0. The van der Waals surface area contributed by atoms with E-state index in [9.17, 15) is 10.0 Å². The number of quaternary nitrogens is 1. The molecule has 1 saturated heterocycles. The van der Waals surface area contributed by atoms with Crippen molar-refractivity contribution in [3.05, 3.63) is 39.5 Å². The van der Waals surface area contributed by atoms with E-state index in [4.69, 9.17) is 5.21 Å². The number of nitrogens with one attached hydrogen (secondary N) is 1. The van der Waals surface area contributed by atoms with E-state index >= 15 is 0 Å². The Hall–Kier alpha value is -2.23. The van der Waals surface area contributed by atoms with E-state index in [-0.39, 0.29) is 17.4 Å². The highest BCUT2D eigenvalue weighted by Gasteiger charge is 2.36. The molecular weight excluding hydrogens is 300 g/mol. The second kappa shape index (κ2) is 5.15. The Morgan fingerprint density at radius 1 is 1.35 bits per heavy atom. The van der Waals surface area contributed by atoms with Crippen molar-refractivity contribution in [3.63, 3.8) is 0 Å². The summed E-state index contributed by atoms with van der Waals surface area (Å²) in [6.07, 6.45) is 1.05. The summed E-state index contributed by atoms with van der Waals surface area (Å²) in [4.78, 5) is 18.3. The van der Waals surface area contributed by atoms with Crippen molar-refractivity contribution in [2.45, 2.75) is 18.9 Å². The zero-order chi connectivity index (χ0) is 16.1. The van der Waals surface area contributed by atoms with Crippen molar-refractivity contribution in [2.24, 2.45) is 13.0 Å². The van der Waals surface area contributed by atoms with Gasteiger partial charge in [0.1, 0.15) is 0 Å². The van der Waals surface area contributed by atoms with Crippen LogP contribution in [0.25, 0.3) is 0 Å². The molecule has 2 N–H and O–H groups in total. The number of hydrogen-bond acceptors (Lipinski definition) is 6. The molecule has 4 heterocycles. The maximum atomic E-state index is 12.0. The first-order valence-corrected chi connectivity index (χ1v) is 7.62. The first-order valence-electron chi connectivity index (χ1n) is 7.62. The fourth-order valence-corrected chi connectivity index (χ4v) is 3.80. The summed E-state index contributed by atoms with van der Waals surface area (Å²) in [6, 6.07) is 5.41. The van der Waals surface area contributed by atoms with Crippen LogP contribution in [-0.2, 0) is 13.6 Å². The number of aromatic nitrogens is 4. The van der Waals surface area contributed by atoms with Crippen LogP contribution < -0.4 is 15.7 Å². The lowest BCUT2D eigenvalue weighted by atomic mass is 9.83. The highest BCUT2D eigenvalue weighted by Crippen LogP contribution is 2.36. The molecule has 1 unspecified atom stereocenters. The lowest BCUT2D eigenvalue weighted by molar-refractivity contribution is -0.995. The molecule has 4 rings (SSSR count). The standard InChI is InChI=1S/C14H18N6O3/c1-17-14(15-13(16-17)20(22)23)18-6-9-5-10(8-18)11-3-2-4-12(21)19(11)7-9/h2-4,9-10,20,22H,5-8H2,1H3/t9-,10-/m0/s1. The van der Waals surface area contributed by atoms with Gasteiger partial charge in [0.2, 0.25) is 5.95 Å². The minimum atomic E-state index is -1.12. The number of anilines is 1. The Bertz CT molecular complexity index is 798. The van der Waals surface area contributed by atoms with E-state index in [0.29, 0.717) is 25.0 Å². The molecule has 2 aromatic rings. The Labute approximate surface area is 131 Å². The van der Waals surface area contributed by atoms with Crippen molar-refractivity contribution in [2.75, 3.05) is 18.0 Å². The second-order valence-corrected chi connectivity index (χ2v) is 6.27. The maximum Gasteiger partial charge on any atom is 0.381 e. The first kappa shape index (κ1) is 14.4. The van der Waals surface area contributed by atoms with Gasteiger partial charge in [0, 0.05) is 44.4 Å². The zero-order valence-corrected chi connectivity index (χ0v) is 12.7. The third-order valence-corrected chi connectivity index (χ3v) is 4.69. The lowest BCUT2D eigenvalue weighted by Gasteiger charge is -2.42. The fraction of sp³-hybridized carbons (Fsp3) is 0.500. The molecule has 0 radical (unpaired) electrons. The molecule has 0 aliphatic carbocycles. The molecule has 122 valence electrons. The topological polar surface area (TPSA) is 104 Å². The van der Waals surface area contributed by atoms with Gasteiger partial charge in [-0.05, 0) is 18.4 Å². The molecule has 23 heavy (non-hydrogen) atoms. The van der Waals surface area contributed by atoms with Crippen LogP contribution in [0, 0.1) is 11.1 Å². The fourth-order valence-electron chi connectivity index (χ4n) is 3.80. The summed E-state index contributed by atoms with van der Waals surface area (Å²) in [5.74, 6) is 0.992. The van der Waals surface area contributed by atoms with Gasteiger partial charge in [-0.25, -0.2) is 9.89 Å². The van der Waals surface area contributed by atoms with E-state index < -0.39 is 5.23 Å². The normalized spacial score (nSPS) is 24.4. The van der Waals surface area contributed by atoms with Crippen molar-refractivity contribution in [1.82, 2.24) is 19.3 Å². The second-order valence-electron chi connectivity index (χ2n) is 6.27. The Kier molecular flexibility index (Phi) is 3.22. The van der Waals surface area contributed by atoms with E-state index in [1.807, 2.05) is 10.6 Å². The smallest absolute Gasteiger partial charge is 0.381 e. The number of hydrogen-bond donors (Lipinski definition) is 2. The molecule has 0 spiro atoms. The van der Waals surface area contributed by atoms with Gasteiger partial charge < -0.3 is 14.7 Å². The van der Waals surface area contributed by atoms with Crippen molar-refractivity contribution < 1.29 is 10.4 Å². The monoisotopic (exact) mass is 318 g/mol. The molecule has 2 bridgehead atoms. The van der Waals surface area contributed by atoms with Gasteiger partial charge >= 0.3 is 5.95 Å². The van der Waals surface area contributed by atoms with E-state index in [1.165, 1.54) is 4.68 Å². The van der Waals surface area contributed by atoms with Crippen molar-refractivity contribution in [1.29, 1.82) is 0 Å². The quantitative estimate of drug-likeness (QED) is 0.689. The van der Waals surface area contributed by atoms with Crippen LogP contribution in [0.1, 0.15) is 18.0 Å². The van der Waals surface area contributed by atoms with Gasteiger partial charge in [0.25, 0.3) is 5.56 Å². The highest BCUT2D eigenvalue weighted by atomic mass is 16.8. The van der Waals surface area contributed by atoms with Gasteiger partial charge in [0.15, 0.2) is 0 Å². The lowest BCUT2D eigenvalue weighted by Crippen LogP contribution is -2.99. The van der Waals surface area contributed by atoms with Crippen LogP contribution >= 0.6 is 0 Å². The molecule has 2 aliphatic heterocycles. The molecule has 0 amide bonds. The molecule has 9 nitrogen and oxygen atoms in total. The average Bonchev–Trinajstić information content (AvgIpc) is 2.90. The third kappa shape index (κ3) is 2.33. The number of nitrogens with zero attached hydrogens (tertiary/aromatic N) is 5. The van der Waals surface area contributed by atoms with Crippen LogP contribution in [0.3, 0.4) is 0 Å². The number of pyridine rings is 1. The van der Waals surface area contributed by atoms with E-state index in [0.717, 1.165) is 18.7 Å². The minimum absolute atomic E-state index is 0.0532. The number of aryl methyl sites for hydroxylation is 1. The summed E-state index contributed by atoms with van der Waals surface area (Å²) < 4.78 is 3.39. The largest absolute Gasteiger partial charge is 0.592 e. The number of rotatable bonds is 2. The van der Waals surface area contributed by atoms with Crippen molar-refractivity contribution >= 4 is 11.9 Å². The molecule has 2 aromatic heterocycles. The van der Waals surface area contributed by atoms with Crippen LogP contribution in [0.4, 0.5) is 11.9 Å². The van der Waals surface area contributed by atoms with Gasteiger partial charge in [-0.15, -0.1) is 4.98 Å². The highest BCUT2D eigenvalue weighted by molar-refractivity contribution is 5.36. The zero-order valence-electron chi connectivity index (χ0n) is 12.7. The van der Waals surface area contributed by atoms with Gasteiger partial charge in [-0.2, -0.15) is 5.23 Å². The third-order valence-electron chi connectivity index (χ3n) is 4.69. The molecular formula is C14H18N6O3. The molecule has 3 atom stereocenters. The van der Waals surface area contributed by atoms with Crippen molar-refractivity contribution in [3.8, 4) is 0 Å². The first-order chi connectivity index (χ1) is 11.0. The predicted molar refractivity (Wildman–Crippen MR) is 80.5 cm³/mol. The number of fused-ring (bicyclic) bond motifs is 4. The van der Waals surface area contributed by atoms with E-state index in [2.05, 4.69) is 15.0 Å². The number of piperidine rings is 1. The molecule has 1 fully saturated rings. The van der Waals surface area contributed by atoms with Gasteiger partial charge in [-0.1, -0.05) is 11.2 Å². The van der Waals surface area contributed by atoms with Gasteiger partial charge in [-0.3, -0.25) is 4.79 Å². The van der Waals surface area contributed by atoms with Crippen LogP contribution in [0.5, 0.6) is 0 Å². The Morgan fingerprint density at radius 2 is 2.17 bits per heavy atom. The van der Waals surface area contributed by atoms with Crippen LogP contribution in [0.2, 0.25) is 0 Å². The van der Waals surface area contributed by atoms with Gasteiger partial charge in [0.05, 0.1) is 0 Å². The summed E-state index contributed by atoms with van der Waals surface area (Å²) in [7, 11) is 1.71. The van der Waals surface area contributed by atoms with E-state index in [1.54, 1.807) is 19.2 Å². The summed E-state index contributed by atoms with van der Waals surface area (Å²) in [5, 5.41) is 22.9. The molecule has 9 heteroatoms. The molecule has 0 saturated carbocycles. The minimum Gasteiger partial charge on any atom is -0.592 e. The maximum absolute atomic E-state index is 12.0. The molecule has 0 aromatic carbocycles. The molecule has 2 aliphatic rings. The van der Waals surface area contributed by atoms with Crippen LogP contribution in [0.15, 0.2) is 23.0 Å².